The Bertz CT molecular complexity index is 623. The smallest absolute Gasteiger partial charge is 0.322 e. The molecule has 8 heteroatoms. The second-order valence-electron chi connectivity index (χ2n) is 7.87. The number of rotatable bonds is 3. The topological polar surface area (TPSA) is 115 Å². The van der Waals surface area contributed by atoms with Crippen molar-refractivity contribution in [1.29, 1.82) is 0 Å². The summed E-state index contributed by atoms with van der Waals surface area (Å²) in [4.78, 5) is 33.7. The van der Waals surface area contributed by atoms with E-state index in [9.17, 15) is 14.4 Å². The lowest BCUT2D eigenvalue weighted by molar-refractivity contribution is -0.120. The molecule has 0 aromatic carbocycles. The van der Waals surface area contributed by atoms with E-state index >= 15 is 0 Å². The van der Waals surface area contributed by atoms with Gasteiger partial charge < -0.3 is 19.7 Å². The van der Waals surface area contributed by atoms with Crippen LogP contribution in [0.25, 0.3) is 5.53 Å². The molecule has 0 radical (unpaired) electrons. The van der Waals surface area contributed by atoms with E-state index < -0.39 is 0 Å². The minimum atomic E-state index is -0.252. The van der Waals surface area contributed by atoms with Gasteiger partial charge in [0.1, 0.15) is 11.6 Å². The molecule has 29 heavy (non-hydrogen) atoms. The van der Waals surface area contributed by atoms with Gasteiger partial charge in [0.05, 0.1) is 39.6 Å². The average Bonchev–Trinajstić information content (AvgIpc) is 3.23. The Morgan fingerprint density at radius 2 is 1.17 bits per heavy atom. The van der Waals surface area contributed by atoms with Crippen LogP contribution in [0.5, 0.6) is 0 Å². The first kappa shape index (κ1) is 23.3. The zero-order valence-corrected chi connectivity index (χ0v) is 17.3. The van der Waals surface area contributed by atoms with Gasteiger partial charge in [-0.15, -0.1) is 0 Å². The number of fused-ring (bicyclic) bond motifs is 2. The van der Waals surface area contributed by atoms with Gasteiger partial charge in [0.25, 0.3) is 0 Å². The highest BCUT2D eigenvalue weighted by Crippen LogP contribution is 2.51. The molecular formula is C21H30N2O6. The van der Waals surface area contributed by atoms with Gasteiger partial charge in [-0.1, -0.05) is 12.2 Å². The molecular weight excluding hydrogens is 376 g/mol. The van der Waals surface area contributed by atoms with E-state index in [1.165, 1.54) is 6.92 Å². The maximum absolute atomic E-state index is 10.8. The van der Waals surface area contributed by atoms with Crippen molar-refractivity contribution in [2.24, 2.45) is 35.5 Å². The van der Waals surface area contributed by atoms with Crippen LogP contribution >= 0.6 is 0 Å². The molecule has 4 fully saturated rings. The monoisotopic (exact) mass is 406 g/mol. The normalized spacial score (nSPS) is 33.8. The molecule has 4 atom stereocenters. The third kappa shape index (κ3) is 7.08. The summed E-state index contributed by atoms with van der Waals surface area (Å²) in [5.74, 6) is 3.60. The zero-order valence-electron chi connectivity index (χ0n) is 17.3. The molecule has 160 valence electrons. The molecule has 3 aliphatic heterocycles. The highest BCUT2D eigenvalue weighted by Gasteiger charge is 2.56. The molecule has 2 saturated heterocycles. The number of ether oxygens (including phenoxy) is 3. The highest BCUT2D eigenvalue weighted by atomic mass is 16.5. The Morgan fingerprint density at radius 1 is 0.793 bits per heavy atom. The van der Waals surface area contributed by atoms with Crippen molar-refractivity contribution in [3.05, 3.63) is 17.7 Å². The Balaban J connectivity index is 0.000000143. The van der Waals surface area contributed by atoms with E-state index in [0.717, 1.165) is 45.9 Å². The lowest BCUT2D eigenvalue weighted by Gasteiger charge is -1.97. The van der Waals surface area contributed by atoms with E-state index in [4.69, 9.17) is 19.7 Å². The number of ketones is 3. The standard InChI is InChI=1S/2C7H10O2.C4H6O.C3H4N2O/c2*1-4(8)7-5-2-9-3-6(5)7;1-2-4-5-3-1;1-3(6)2-5-4/h2*5-7H,2-3H2,1H3;1-2H,3-4H2;2H,1H3. The van der Waals surface area contributed by atoms with Crippen LogP contribution in [0.3, 0.4) is 0 Å². The van der Waals surface area contributed by atoms with Gasteiger partial charge in [-0.25, -0.2) is 0 Å². The molecule has 2 saturated carbocycles. The van der Waals surface area contributed by atoms with Gasteiger partial charge >= 0.3 is 6.21 Å². The molecule has 0 bridgehead atoms. The Morgan fingerprint density at radius 3 is 1.31 bits per heavy atom. The summed E-state index contributed by atoms with van der Waals surface area (Å²) >= 11 is 0. The summed E-state index contributed by atoms with van der Waals surface area (Å²) in [6.45, 7) is 9.62. The minimum Gasteiger partial charge on any atom is -0.381 e. The van der Waals surface area contributed by atoms with E-state index in [1.54, 1.807) is 13.8 Å². The number of carbonyl (C=O) groups excluding carboxylic acids is 3. The fourth-order valence-electron chi connectivity index (χ4n) is 4.11. The summed E-state index contributed by atoms with van der Waals surface area (Å²) < 4.78 is 15.1. The number of Topliss-reactive ketones (excluding diaryl/α,β-unsaturated/α-hetero) is 3. The van der Waals surface area contributed by atoms with Crippen molar-refractivity contribution in [3.8, 4) is 0 Å². The fourth-order valence-corrected chi connectivity index (χ4v) is 4.11. The SMILES string of the molecule is C1=CCOC1.CC(=O)C1C2COCC21.CC(=O)C1C2COCC21.CC(=O)C=[N+]=[N-]. The lowest BCUT2D eigenvalue weighted by atomic mass is 10.2. The van der Waals surface area contributed by atoms with Gasteiger partial charge in [0.15, 0.2) is 0 Å². The third-order valence-electron chi connectivity index (χ3n) is 5.68. The predicted molar refractivity (Wildman–Crippen MR) is 104 cm³/mol. The average molecular weight is 406 g/mol. The molecule has 5 aliphatic rings. The van der Waals surface area contributed by atoms with Crippen LogP contribution in [0.15, 0.2) is 12.2 Å². The van der Waals surface area contributed by atoms with Crippen LogP contribution in [-0.2, 0) is 28.6 Å². The third-order valence-corrected chi connectivity index (χ3v) is 5.68. The van der Waals surface area contributed by atoms with Gasteiger partial charge in [-0.05, 0) is 37.5 Å². The second kappa shape index (κ2) is 11.3. The van der Waals surface area contributed by atoms with Crippen LogP contribution in [0.2, 0.25) is 0 Å². The van der Waals surface area contributed by atoms with Crippen LogP contribution < -0.4 is 0 Å². The number of hydrogen-bond donors (Lipinski definition) is 0. The molecule has 0 N–H and O–H groups in total. The molecule has 0 aromatic heterocycles. The molecule has 0 spiro atoms. The summed E-state index contributed by atoms with van der Waals surface area (Å²) in [6, 6.07) is 0. The minimum absolute atomic E-state index is 0.252. The quantitative estimate of drug-likeness (QED) is 0.303. The van der Waals surface area contributed by atoms with E-state index in [-0.39, 0.29) is 5.78 Å². The Labute approximate surface area is 171 Å². The summed E-state index contributed by atoms with van der Waals surface area (Å²) in [6.07, 6.45) is 4.86. The summed E-state index contributed by atoms with van der Waals surface area (Å²) in [5.41, 5.74) is 7.59. The summed E-state index contributed by atoms with van der Waals surface area (Å²) in [7, 11) is 0. The molecule has 8 nitrogen and oxygen atoms in total. The number of hydrogen-bond acceptors (Lipinski definition) is 6. The highest BCUT2D eigenvalue weighted by molar-refractivity contribution is 6.23. The molecule has 0 aromatic rings. The van der Waals surface area contributed by atoms with Gasteiger partial charge in [0, 0.05) is 18.8 Å². The van der Waals surface area contributed by atoms with Gasteiger partial charge in [-0.2, -0.15) is 4.79 Å². The van der Waals surface area contributed by atoms with Crippen molar-refractivity contribution >= 4 is 23.6 Å². The molecule has 3 heterocycles. The van der Waals surface area contributed by atoms with Crippen LogP contribution in [0.1, 0.15) is 20.8 Å². The first-order valence-electron chi connectivity index (χ1n) is 9.95. The molecule has 4 unspecified atom stereocenters. The van der Waals surface area contributed by atoms with Crippen LogP contribution in [0.4, 0.5) is 0 Å². The predicted octanol–water partition coefficient (Wildman–Crippen LogP) is 1.38. The first-order chi connectivity index (χ1) is 13.9. The van der Waals surface area contributed by atoms with Crippen molar-refractivity contribution in [1.82, 2.24) is 0 Å². The van der Waals surface area contributed by atoms with Gasteiger partial charge in [0.2, 0.25) is 5.78 Å². The summed E-state index contributed by atoms with van der Waals surface area (Å²) in [5, 5.41) is 0. The maximum Gasteiger partial charge on any atom is 0.322 e. The van der Waals surface area contributed by atoms with Gasteiger partial charge in [-0.3, -0.25) is 14.4 Å². The van der Waals surface area contributed by atoms with Crippen LogP contribution in [0, 0.1) is 35.5 Å². The molecule has 5 rings (SSSR count). The first-order valence-corrected chi connectivity index (χ1v) is 9.95. The largest absolute Gasteiger partial charge is 0.381 e. The van der Waals surface area contributed by atoms with Crippen molar-refractivity contribution < 1.29 is 33.4 Å². The van der Waals surface area contributed by atoms with E-state index in [0.29, 0.717) is 47.1 Å². The number of carbonyl (C=O) groups is 3. The van der Waals surface area contributed by atoms with E-state index in [2.05, 4.69) is 4.79 Å². The molecule has 2 aliphatic carbocycles. The Kier molecular flexibility index (Phi) is 9.04. The fraction of sp³-hybridized carbons (Fsp3) is 0.714. The Hall–Kier alpha value is -1.99. The number of nitrogens with zero attached hydrogens (tertiary/aromatic N) is 2. The lowest BCUT2D eigenvalue weighted by Crippen LogP contribution is -2.04. The second-order valence-corrected chi connectivity index (χ2v) is 7.87. The van der Waals surface area contributed by atoms with E-state index in [1.807, 2.05) is 12.2 Å². The van der Waals surface area contributed by atoms with Crippen molar-refractivity contribution in [3.63, 3.8) is 0 Å². The van der Waals surface area contributed by atoms with Crippen molar-refractivity contribution in [2.45, 2.75) is 20.8 Å². The van der Waals surface area contributed by atoms with Crippen molar-refractivity contribution in [2.75, 3.05) is 39.6 Å². The zero-order chi connectivity index (χ0) is 21.4. The van der Waals surface area contributed by atoms with Crippen LogP contribution in [-0.4, -0.2) is 68.0 Å². The maximum atomic E-state index is 10.8. The molecule has 0 amide bonds.